The maximum Gasteiger partial charge on any atom is 0.304 e. The fourth-order valence-corrected chi connectivity index (χ4v) is 4.03. The van der Waals surface area contributed by atoms with E-state index < -0.39 is 5.97 Å². The minimum absolute atomic E-state index is 0.0861. The fraction of sp³-hybridized carbons (Fsp3) is 0.667. The number of carbonyl (C=O) groups excluding carboxylic acids is 1. The lowest BCUT2D eigenvalue weighted by molar-refractivity contribution is -0.140. The van der Waals surface area contributed by atoms with Gasteiger partial charge in [0, 0.05) is 37.7 Å². The van der Waals surface area contributed by atoms with Gasteiger partial charge in [0.25, 0.3) is 0 Å². The summed E-state index contributed by atoms with van der Waals surface area (Å²) >= 11 is 0. The van der Waals surface area contributed by atoms with E-state index in [1.165, 1.54) is 0 Å². The molecule has 2 aliphatic rings. The van der Waals surface area contributed by atoms with Crippen molar-refractivity contribution in [2.45, 2.75) is 45.6 Å². The first kappa shape index (κ1) is 17.8. The van der Waals surface area contributed by atoms with Crippen LogP contribution in [0.4, 0.5) is 0 Å². The van der Waals surface area contributed by atoms with Crippen LogP contribution in [0.5, 0.6) is 0 Å². The zero-order valence-corrected chi connectivity index (χ0v) is 14.8. The van der Waals surface area contributed by atoms with Crippen molar-refractivity contribution >= 4 is 11.9 Å². The van der Waals surface area contributed by atoms with Crippen LogP contribution in [0, 0.1) is 12.3 Å². The Morgan fingerprint density at radius 3 is 2.84 bits per heavy atom. The molecule has 1 N–H and O–H groups in total. The number of hydrogen-bond acceptors (Lipinski definition) is 5. The molecule has 0 unspecified atom stereocenters. The third-order valence-electron chi connectivity index (χ3n) is 5.32. The van der Waals surface area contributed by atoms with E-state index in [1.807, 2.05) is 11.8 Å². The van der Waals surface area contributed by atoms with E-state index in [0.717, 1.165) is 50.3 Å². The summed E-state index contributed by atoms with van der Waals surface area (Å²) in [6.07, 6.45) is 7.26. The van der Waals surface area contributed by atoms with Gasteiger partial charge in [0.05, 0.1) is 30.6 Å². The molecule has 3 heterocycles. The first-order chi connectivity index (χ1) is 12.0. The second-order valence-corrected chi connectivity index (χ2v) is 7.42. The molecule has 0 radical (unpaired) electrons. The molecule has 2 aliphatic heterocycles. The number of aromatic nitrogens is 2. The number of aliphatic carboxylic acids is 1. The lowest BCUT2D eigenvalue weighted by Gasteiger charge is -2.48. The van der Waals surface area contributed by atoms with Gasteiger partial charge in [-0.1, -0.05) is 0 Å². The Morgan fingerprint density at radius 1 is 1.28 bits per heavy atom. The molecule has 1 atom stereocenters. The average Bonchev–Trinajstić information content (AvgIpc) is 2.59. The normalized spacial score (nSPS) is 24.7. The van der Waals surface area contributed by atoms with E-state index in [-0.39, 0.29) is 17.7 Å². The molecule has 7 nitrogen and oxygen atoms in total. The third-order valence-corrected chi connectivity index (χ3v) is 5.32. The number of likely N-dealkylation sites (tertiary alicyclic amines) is 2. The monoisotopic (exact) mass is 346 g/mol. The molecule has 1 spiro atoms. The smallest absolute Gasteiger partial charge is 0.304 e. The number of carboxylic acid groups (broad SMARTS) is 1. The molecule has 3 rings (SSSR count). The summed E-state index contributed by atoms with van der Waals surface area (Å²) < 4.78 is 0. The molecule has 1 amide bonds. The second-order valence-electron chi connectivity index (χ2n) is 7.42. The molecular weight excluding hydrogens is 320 g/mol. The predicted molar refractivity (Wildman–Crippen MR) is 91.8 cm³/mol. The fourth-order valence-electron chi connectivity index (χ4n) is 4.03. The van der Waals surface area contributed by atoms with Gasteiger partial charge in [-0.05, 0) is 32.7 Å². The van der Waals surface area contributed by atoms with Crippen LogP contribution in [-0.2, 0) is 16.1 Å². The highest BCUT2D eigenvalue weighted by Gasteiger charge is 2.41. The first-order valence-corrected chi connectivity index (χ1v) is 8.95. The van der Waals surface area contributed by atoms with Crippen molar-refractivity contribution in [3.63, 3.8) is 0 Å². The zero-order chi connectivity index (χ0) is 17.9. The van der Waals surface area contributed by atoms with Gasteiger partial charge in [-0.3, -0.25) is 19.6 Å². The van der Waals surface area contributed by atoms with Crippen molar-refractivity contribution in [3.05, 3.63) is 23.8 Å². The molecular formula is C18H26N4O3. The Bertz CT molecular complexity index is 634. The van der Waals surface area contributed by atoms with Crippen molar-refractivity contribution in [3.8, 4) is 0 Å². The number of carbonyl (C=O) groups is 2. The van der Waals surface area contributed by atoms with Crippen LogP contribution in [0.2, 0.25) is 0 Å². The third kappa shape index (κ3) is 4.54. The molecule has 2 fully saturated rings. The maximum absolute atomic E-state index is 12.4. The molecule has 1 aromatic rings. The van der Waals surface area contributed by atoms with Gasteiger partial charge < -0.3 is 14.9 Å². The topological polar surface area (TPSA) is 86.6 Å². The quantitative estimate of drug-likeness (QED) is 0.869. The molecule has 1 aromatic heterocycles. The average molecular weight is 346 g/mol. The van der Waals surface area contributed by atoms with E-state index in [2.05, 4.69) is 14.9 Å². The molecule has 136 valence electrons. The van der Waals surface area contributed by atoms with Crippen LogP contribution in [0.25, 0.3) is 0 Å². The van der Waals surface area contributed by atoms with Crippen LogP contribution in [-0.4, -0.2) is 62.9 Å². The number of rotatable bonds is 5. The van der Waals surface area contributed by atoms with E-state index >= 15 is 0 Å². The van der Waals surface area contributed by atoms with E-state index in [4.69, 9.17) is 5.11 Å². The minimum Gasteiger partial charge on any atom is -0.481 e. The lowest BCUT2D eigenvalue weighted by atomic mass is 9.73. The number of aryl methyl sites for hydroxylation is 1. The molecule has 7 heteroatoms. The van der Waals surface area contributed by atoms with Gasteiger partial charge in [-0.25, -0.2) is 0 Å². The van der Waals surface area contributed by atoms with Crippen LogP contribution >= 0.6 is 0 Å². The number of carboxylic acids is 1. The van der Waals surface area contributed by atoms with Crippen molar-refractivity contribution in [1.82, 2.24) is 19.8 Å². The van der Waals surface area contributed by atoms with Crippen LogP contribution in [0.1, 0.15) is 43.5 Å². The van der Waals surface area contributed by atoms with E-state index in [1.54, 1.807) is 12.4 Å². The molecule has 0 saturated carbocycles. The molecule has 0 bridgehead atoms. The van der Waals surface area contributed by atoms with E-state index in [9.17, 15) is 9.59 Å². The Kier molecular flexibility index (Phi) is 5.32. The standard InChI is InChI=1S/C18H26N4O3/c1-14-9-20-15(10-19-14)11-22-13-18(6-3-16(22)23)5-2-7-21(12-18)8-4-17(24)25/h9-10H,2-8,11-13H2,1H3,(H,24,25)/t18-/m1/s1. The van der Waals surface area contributed by atoms with Gasteiger partial charge >= 0.3 is 5.97 Å². The molecule has 0 aromatic carbocycles. The Balaban J connectivity index is 1.65. The zero-order valence-electron chi connectivity index (χ0n) is 14.8. The summed E-state index contributed by atoms with van der Waals surface area (Å²) in [7, 11) is 0. The SMILES string of the molecule is Cc1cnc(CN2C[C@]3(CCCN(CCC(=O)O)C3)CCC2=O)cn1. The van der Waals surface area contributed by atoms with Crippen molar-refractivity contribution in [2.24, 2.45) is 5.41 Å². The maximum atomic E-state index is 12.4. The van der Waals surface area contributed by atoms with Gasteiger partial charge in [0.1, 0.15) is 0 Å². The van der Waals surface area contributed by atoms with E-state index in [0.29, 0.717) is 19.5 Å². The lowest BCUT2D eigenvalue weighted by Crippen LogP contribution is -2.54. The highest BCUT2D eigenvalue weighted by molar-refractivity contribution is 5.77. The van der Waals surface area contributed by atoms with Crippen molar-refractivity contribution in [2.75, 3.05) is 26.2 Å². The number of nitrogens with zero attached hydrogens (tertiary/aromatic N) is 4. The summed E-state index contributed by atoms with van der Waals surface area (Å²) in [5, 5.41) is 8.91. The number of hydrogen-bond donors (Lipinski definition) is 1. The van der Waals surface area contributed by atoms with Gasteiger partial charge in [0.15, 0.2) is 0 Å². The largest absolute Gasteiger partial charge is 0.481 e. The minimum atomic E-state index is -0.752. The van der Waals surface area contributed by atoms with Crippen LogP contribution in [0.15, 0.2) is 12.4 Å². The van der Waals surface area contributed by atoms with Gasteiger partial charge in [-0.15, -0.1) is 0 Å². The Hall–Kier alpha value is -2.02. The Morgan fingerprint density at radius 2 is 2.12 bits per heavy atom. The summed E-state index contributed by atoms with van der Waals surface area (Å²) in [4.78, 5) is 36.0. The molecule has 25 heavy (non-hydrogen) atoms. The van der Waals surface area contributed by atoms with Gasteiger partial charge in [-0.2, -0.15) is 0 Å². The summed E-state index contributed by atoms with van der Waals surface area (Å²) in [5.41, 5.74) is 1.77. The molecule has 0 aliphatic carbocycles. The molecule has 2 saturated heterocycles. The van der Waals surface area contributed by atoms with Gasteiger partial charge in [0.2, 0.25) is 5.91 Å². The van der Waals surface area contributed by atoms with Crippen LogP contribution < -0.4 is 0 Å². The predicted octanol–water partition coefficient (Wildman–Crippen LogP) is 1.46. The number of piperidine rings is 2. The summed E-state index contributed by atoms with van der Waals surface area (Å²) in [5.74, 6) is -0.575. The van der Waals surface area contributed by atoms with Crippen molar-refractivity contribution in [1.29, 1.82) is 0 Å². The highest BCUT2D eigenvalue weighted by Crippen LogP contribution is 2.39. The Labute approximate surface area is 148 Å². The van der Waals surface area contributed by atoms with Crippen molar-refractivity contribution < 1.29 is 14.7 Å². The summed E-state index contributed by atoms with van der Waals surface area (Å²) in [6.45, 7) is 5.55. The highest BCUT2D eigenvalue weighted by atomic mass is 16.4. The first-order valence-electron chi connectivity index (χ1n) is 8.95. The van der Waals surface area contributed by atoms with Crippen LogP contribution in [0.3, 0.4) is 0 Å². The summed E-state index contributed by atoms with van der Waals surface area (Å²) in [6, 6.07) is 0. The second kappa shape index (κ2) is 7.47. The number of amides is 1.